The van der Waals surface area contributed by atoms with Crippen molar-refractivity contribution in [3.63, 3.8) is 0 Å². The number of alkyl halides is 3. The fraction of sp³-hybridized carbons (Fsp3) is 0.500. The standard InChI is InChI=1S/C22H26ClF3N6O/c23-12-1-3-13(4-2-12)31-19(27)16(20(28)33)10-29-17-6-5-14(9-15(17)18-11-30-18)32-21(7-8-21)22(24,25)26/h1-4,10,14-15,17,29,32H,5-9,11H2,(H2,27,31)(H2,28,33)/b16-10+/t14-,15+,17+/m1/s1. The second-order valence-corrected chi connectivity index (χ2v) is 9.25. The molecule has 3 atom stereocenters. The number of primary amides is 1. The number of carbonyl (C=O) groups is 1. The lowest BCUT2D eigenvalue weighted by Crippen LogP contribution is -2.54. The summed E-state index contributed by atoms with van der Waals surface area (Å²) in [7, 11) is 0. The number of amides is 1. The molecule has 2 saturated carbocycles. The summed E-state index contributed by atoms with van der Waals surface area (Å²) in [6.45, 7) is 0.618. The molecule has 0 spiro atoms. The summed E-state index contributed by atoms with van der Waals surface area (Å²) in [5.74, 6) is -0.817. The van der Waals surface area contributed by atoms with Gasteiger partial charge in [0.1, 0.15) is 11.4 Å². The summed E-state index contributed by atoms with van der Waals surface area (Å²) in [4.78, 5) is 20.5. The van der Waals surface area contributed by atoms with E-state index in [9.17, 15) is 18.0 Å². The van der Waals surface area contributed by atoms with Gasteiger partial charge < -0.3 is 22.1 Å². The second-order valence-electron chi connectivity index (χ2n) is 8.82. The average molecular weight is 483 g/mol. The van der Waals surface area contributed by atoms with Gasteiger partial charge in [0.15, 0.2) is 0 Å². The molecule has 1 aliphatic heterocycles. The van der Waals surface area contributed by atoms with E-state index in [-0.39, 0.29) is 42.3 Å². The average Bonchev–Trinajstić information content (AvgIpc) is 3.64. The first-order valence-corrected chi connectivity index (χ1v) is 11.2. The Bertz CT molecular complexity index is 1000. The lowest BCUT2D eigenvalue weighted by Gasteiger charge is -2.37. The molecule has 7 nitrogen and oxygen atoms in total. The van der Waals surface area contributed by atoms with E-state index in [4.69, 9.17) is 23.1 Å². The number of amidine groups is 1. The van der Waals surface area contributed by atoms with Crippen LogP contribution in [0, 0.1) is 5.92 Å². The smallest absolute Gasteiger partial charge is 0.387 e. The number of hydrogen-bond acceptors (Lipinski definition) is 5. The van der Waals surface area contributed by atoms with E-state index in [2.05, 4.69) is 20.6 Å². The zero-order chi connectivity index (χ0) is 23.8. The highest BCUT2D eigenvalue weighted by atomic mass is 35.5. The van der Waals surface area contributed by atoms with Gasteiger partial charge in [0.25, 0.3) is 5.91 Å². The minimum atomic E-state index is -4.24. The highest BCUT2D eigenvalue weighted by Gasteiger charge is 2.64. The highest BCUT2D eigenvalue weighted by molar-refractivity contribution is 6.30. The number of nitrogens with one attached hydrogen (secondary N) is 2. The van der Waals surface area contributed by atoms with Crippen molar-refractivity contribution in [2.24, 2.45) is 27.4 Å². The molecule has 3 aliphatic rings. The highest BCUT2D eigenvalue weighted by Crippen LogP contribution is 2.50. The van der Waals surface area contributed by atoms with Gasteiger partial charge in [-0.25, -0.2) is 4.99 Å². The number of nitrogens with two attached hydrogens (primary N) is 2. The topological polar surface area (TPSA) is 118 Å². The maximum atomic E-state index is 13.4. The van der Waals surface area contributed by atoms with Gasteiger partial charge in [-0.2, -0.15) is 13.2 Å². The maximum absolute atomic E-state index is 13.4. The molecule has 1 aromatic rings. The Hall–Kier alpha value is -2.59. The van der Waals surface area contributed by atoms with Gasteiger partial charge >= 0.3 is 6.18 Å². The minimum absolute atomic E-state index is 0.0238. The number of aliphatic imine (C=N–C) groups is 2. The first-order valence-electron chi connectivity index (χ1n) is 10.8. The van der Waals surface area contributed by atoms with Crippen LogP contribution in [-0.4, -0.2) is 47.8 Å². The van der Waals surface area contributed by atoms with Crippen LogP contribution in [0.4, 0.5) is 18.9 Å². The van der Waals surface area contributed by atoms with Gasteiger partial charge in [0.2, 0.25) is 0 Å². The Morgan fingerprint density at radius 1 is 1.21 bits per heavy atom. The maximum Gasteiger partial charge on any atom is 0.406 e. The van der Waals surface area contributed by atoms with E-state index in [0.717, 1.165) is 5.71 Å². The molecule has 4 rings (SSSR count). The fourth-order valence-electron chi connectivity index (χ4n) is 4.35. The lowest BCUT2D eigenvalue weighted by molar-refractivity contribution is -0.168. The molecule has 0 radical (unpaired) electrons. The Morgan fingerprint density at radius 2 is 1.88 bits per heavy atom. The summed E-state index contributed by atoms with van der Waals surface area (Å²) < 4.78 is 40.1. The quantitative estimate of drug-likeness (QED) is 0.259. The van der Waals surface area contributed by atoms with Crippen molar-refractivity contribution in [2.45, 2.75) is 55.9 Å². The largest absolute Gasteiger partial charge is 0.406 e. The van der Waals surface area contributed by atoms with E-state index in [1.54, 1.807) is 24.3 Å². The molecular weight excluding hydrogens is 457 g/mol. The van der Waals surface area contributed by atoms with Crippen LogP contribution in [0.3, 0.4) is 0 Å². The molecule has 1 amide bonds. The summed E-state index contributed by atoms with van der Waals surface area (Å²) in [6.07, 6.45) is -0.811. The van der Waals surface area contributed by atoms with Gasteiger partial charge in [-0.05, 0) is 56.4 Å². The lowest BCUT2D eigenvalue weighted by atomic mass is 9.79. The van der Waals surface area contributed by atoms with Crippen LogP contribution in [0.5, 0.6) is 0 Å². The molecule has 0 aromatic heterocycles. The molecule has 0 saturated heterocycles. The fourth-order valence-corrected chi connectivity index (χ4v) is 4.48. The SMILES string of the molecule is NC(=O)/C(=C/N[C@H]1CC[C@@H](NC2(C(F)(F)F)CC2)C[C@@H]1C1=NC1)C(N)=Nc1ccc(Cl)cc1. The van der Waals surface area contributed by atoms with E-state index in [1.165, 1.54) is 6.20 Å². The number of rotatable bonds is 8. The van der Waals surface area contributed by atoms with Crippen LogP contribution in [0.25, 0.3) is 0 Å². The van der Waals surface area contributed by atoms with Gasteiger partial charge in [-0.15, -0.1) is 0 Å². The van der Waals surface area contributed by atoms with Gasteiger partial charge in [0.05, 0.1) is 17.8 Å². The van der Waals surface area contributed by atoms with Crippen molar-refractivity contribution in [1.29, 1.82) is 0 Å². The monoisotopic (exact) mass is 482 g/mol. The van der Waals surface area contributed by atoms with E-state index in [1.807, 2.05) is 0 Å². The Kier molecular flexibility index (Phi) is 6.41. The molecule has 6 N–H and O–H groups in total. The minimum Gasteiger partial charge on any atom is -0.387 e. The van der Waals surface area contributed by atoms with Gasteiger partial charge in [0, 0.05) is 34.9 Å². The third kappa shape index (κ3) is 5.50. The zero-order valence-electron chi connectivity index (χ0n) is 17.8. The number of benzene rings is 1. The summed E-state index contributed by atoms with van der Waals surface area (Å²) >= 11 is 5.87. The molecule has 2 fully saturated rings. The first kappa shape index (κ1) is 23.6. The Labute approximate surface area is 194 Å². The third-order valence-electron chi connectivity index (χ3n) is 6.45. The predicted octanol–water partition coefficient (Wildman–Crippen LogP) is 2.96. The van der Waals surface area contributed by atoms with Crippen LogP contribution in [0.15, 0.2) is 46.0 Å². The molecule has 2 aliphatic carbocycles. The van der Waals surface area contributed by atoms with Crippen LogP contribution in [-0.2, 0) is 4.79 Å². The van der Waals surface area contributed by atoms with Crippen molar-refractivity contribution in [2.75, 3.05) is 6.54 Å². The molecule has 1 heterocycles. The number of carbonyl (C=O) groups excluding carboxylic acids is 1. The third-order valence-corrected chi connectivity index (χ3v) is 6.70. The summed E-state index contributed by atoms with van der Waals surface area (Å²) in [5, 5.41) is 6.61. The number of halogens is 4. The van der Waals surface area contributed by atoms with Crippen LogP contribution in [0.1, 0.15) is 32.1 Å². The molecule has 0 bridgehead atoms. The van der Waals surface area contributed by atoms with Crippen molar-refractivity contribution >= 4 is 34.7 Å². The Morgan fingerprint density at radius 3 is 2.42 bits per heavy atom. The second kappa shape index (κ2) is 8.98. The van der Waals surface area contributed by atoms with Crippen LogP contribution in [0.2, 0.25) is 5.02 Å². The van der Waals surface area contributed by atoms with Crippen molar-refractivity contribution in [1.82, 2.24) is 10.6 Å². The predicted molar refractivity (Wildman–Crippen MR) is 122 cm³/mol. The molecule has 1 aromatic carbocycles. The zero-order valence-corrected chi connectivity index (χ0v) is 18.6. The van der Waals surface area contributed by atoms with E-state index >= 15 is 0 Å². The van der Waals surface area contributed by atoms with Crippen molar-refractivity contribution < 1.29 is 18.0 Å². The molecule has 33 heavy (non-hydrogen) atoms. The molecule has 11 heteroatoms. The number of hydrogen-bond donors (Lipinski definition) is 4. The normalized spacial score (nSPS) is 27.0. The molecule has 0 unspecified atom stereocenters. The summed E-state index contributed by atoms with van der Waals surface area (Å²) in [6, 6.07) is 6.28. The summed E-state index contributed by atoms with van der Waals surface area (Å²) in [5.41, 5.74) is 11.3. The molecule has 178 valence electrons. The van der Waals surface area contributed by atoms with E-state index < -0.39 is 17.6 Å². The van der Waals surface area contributed by atoms with E-state index in [0.29, 0.717) is 36.5 Å². The van der Waals surface area contributed by atoms with Crippen molar-refractivity contribution in [3.8, 4) is 0 Å². The van der Waals surface area contributed by atoms with Gasteiger partial charge in [-0.1, -0.05) is 11.6 Å². The first-order chi connectivity index (χ1) is 15.6. The van der Waals surface area contributed by atoms with Crippen molar-refractivity contribution in [3.05, 3.63) is 41.1 Å². The molecular formula is C22H26ClF3N6O. The number of nitrogens with zero attached hydrogens (tertiary/aromatic N) is 2. The van der Waals surface area contributed by atoms with Crippen LogP contribution >= 0.6 is 11.6 Å². The van der Waals surface area contributed by atoms with Crippen LogP contribution < -0.4 is 22.1 Å². The van der Waals surface area contributed by atoms with Gasteiger partial charge in [-0.3, -0.25) is 9.79 Å². The Balaban J connectivity index is 1.44.